The number of rotatable bonds is 31. The quantitative estimate of drug-likeness (QED) is 0.0200. The van der Waals surface area contributed by atoms with Gasteiger partial charge in [0.1, 0.15) is 17.0 Å². The summed E-state index contributed by atoms with van der Waals surface area (Å²) in [5, 5.41) is 20.4. The number of aromatic nitrogens is 1. The third-order valence-electron chi connectivity index (χ3n) is 22.3. The topological polar surface area (TPSA) is 281 Å². The molecule has 4 fully saturated rings. The Morgan fingerprint density at radius 3 is 2.06 bits per heavy atom. The number of anilines is 2. The van der Waals surface area contributed by atoms with Crippen LogP contribution in [-0.2, 0) is 48.6 Å². The van der Waals surface area contributed by atoms with E-state index in [4.69, 9.17) is 16.3 Å². The van der Waals surface area contributed by atoms with Crippen LogP contribution in [0.15, 0.2) is 147 Å². The summed E-state index contributed by atoms with van der Waals surface area (Å²) in [4.78, 5) is 99.5. The van der Waals surface area contributed by atoms with Gasteiger partial charge >= 0.3 is 5.51 Å². The van der Waals surface area contributed by atoms with E-state index in [-0.39, 0.29) is 54.6 Å². The van der Waals surface area contributed by atoms with Crippen LogP contribution in [0, 0.1) is 17.8 Å². The van der Waals surface area contributed by atoms with Crippen LogP contribution in [0.2, 0.25) is 5.02 Å². The molecule has 11 rings (SSSR count). The average Bonchev–Trinajstić information content (AvgIpc) is 0.913. The number of unbranched alkanes of at least 4 members (excludes halogenated alkanes) is 4. The minimum atomic E-state index is -6.12. The van der Waals surface area contributed by atoms with Crippen LogP contribution in [0.25, 0.3) is 16.0 Å². The molecule has 0 bridgehead atoms. The number of sulfonamides is 1. The number of nitrogens with one attached hydrogen (secondary N) is 4. The molecule has 6 aromatic rings. The zero-order valence-electron chi connectivity index (χ0n) is 65.5. The van der Waals surface area contributed by atoms with Gasteiger partial charge in [-0.05, 0) is 147 Å². The van der Waals surface area contributed by atoms with Crippen LogP contribution in [0.5, 0.6) is 0 Å². The first-order valence-electron chi connectivity index (χ1n) is 39.2. The summed E-state index contributed by atoms with van der Waals surface area (Å²) in [6, 6.07) is 30.8. The molecule has 616 valence electrons. The van der Waals surface area contributed by atoms with Crippen molar-refractivity contribution < 1.29 is 68.6 Å². The number of aliphatic hydroxyl groups is 1. The number of piperazine rings is 2. The lowest BCUT2D eigenvalue weighted by molar-refractivity contribution is -0.146. The molecule has 1 aromatic heterocycles. The van der Waals surface area contributed by atoms with Gasteiger partial charge in [0.25, 0.3) is 25.8 Å². The number of ether oxygens (including phenoxy) is 1. The number of morpholine rings is 1. The monoisotopic (exact) mass is 1670 g/mol. The molecular weight excluding hydrogens is 1560 g/mol. The number of thioether (sulfide) groups is 1. The van der Waals surface area contributed by atoms with Crippen molar-refractivity contribution in [2.75, 3.05) is 114 Å². The molecular formula is C83H105ClF3N11O12S4. The summed E-state index contributed by atoms with van der Waals surface area (Å²) in [5.41, 5.74) is 1.11. The standard InChI is InChI=1S/C83H105ClF3N11O12S4/c1-56(58-19-21-60(22-20-58)75-57(2)88-55-112-75)89-78(103)71-49-66(99)53-98(71)79(104)76(81(3,4)5)91-73(100)17-13-8-7-9-14-18-74(101)96-41-43-97(44-42-96)80(105)82(6)35-33-69(59-23-27-63(84)28-24-59)62(51-82)52-94-37-39-95(40-38-94)65-29-25-61(26-30-65)77(102)92-114(108,109)68-31-32-70(72(50-68)113(106,107)83(85,86)87)90-64(34-36-93-45-47-110-48-46-93)54-111-67-15-11-10-12-16-67/h10-12,15-16,19-32,50,55-56,64,66,71,76,90,99H,7-9,13-14,17-18,33-49,51-54H2,1-6H3,(H,89,103)(H,91,100)(H,92,102)/t56-,64+,66+,71-,76+,82?/m0/s1. The zero-order chi connectivity index (χ0) is 81.7. The summed E-state index contributed by atoms with van der Waals surface area (Å²) in [7, 11) is -11.1. The number of hydrogen-bond donors (Lipinski definition) is 5. The molecule has 4 aliphatic heterocycles. The molecule has 31 heteroatoms. The van der Waals surface area contributed by atoms with E-state index in [1.165, 1.54) is 34.4 Å². The van der Waals surface area contributed by atoms with Gasteiger partial charge in [0.05, 0.1) is 57.4 Å². The van der Waals surface area contributed by atoms with Crippen LogP contribution < -0.4 is 25.6 Å². The maximum atomic E-state index is 14.7. The highest BCUT2D eigenvalue weighted by atomic mass is 35.5. The normalized spacial score (nSPS) is 19.8. The molecule has 6 amide bonds. The Morgan fingerprint density at radius 1 is 0.763 bits per heavy atom. The largest absolute Gasteiger partial charge is 0.501 e. The Bertz CT molecular complexity index is 4610. The predicted molar refractivity (Wildman–Crippen MR) is 438 cm³/mol. The maximum Gasteiger partial charge on any atom is 0.501 e. The minimum absolute atomic E-state index is 0.0278. The molecule has 1 unspecified atom stereocenters. The molecule has 5 aromatic carbocycles. The number of thiazole rings is 1. The highest BCUT2D eigenvalue weighted by Crippen LogP contribution is 2.45. The number of sulfone groups is 1. The van der Waals surface area contributed by atoms with Crippen molar-refractivity contribution in [1.82, 2.24) is 44.8 Å². The molecule has 23 nitrogen and oxygen atoms in total. The summed E-state index contributed by atoms with van der Waals surface area (Å²) >= 11 is 9.37. The summed E-state index contributed by atoms with van der Waals surface area (Å²) in [6.07, 6.45) is 5.60. The van der Waals surface area contributed by atoms with E-state index in [1.807, 2.05) is 140 Å². The Kier molecular flexibility index (Phi) is 29.3. The molecule has 0 spiro atoms. The van der Waals surface area contributed by atoms with Gasteiger partial charge in [0, 0.05) is 137 Å². The van der Waals surface area contributed by atoms with E-state index < -0.39 is 87.7 Å². The summed E-state index contributed by atoms with van der Waals surface area (Å²) in [5.74, 6) is -1.72. The Hall–Kier alpha value is -7.94. The van der Waals surface area contributed by atoms with Crippen LogP contribution in [0.3, 0.4) is 0 Å². The fourth-order valence-electron chi connectivity index (χ4n) is 15.5. The number of carbonyl (C=O) groups is 6. The number of nitrogens with zero attached hydrogens (tertiary/aromatic N) is 7. The molecule has 0 saturated carbocycles. The van der Waals surface area contributed by atoms with Gasteiger partial charge in [-0.15, -0.1) is 23.1 Å². The lowest BCUT2D eigenvalue weighted by atomic mass is 9.70. The SMILES string of the molecule is Cc1ncsc1-c1ccc([C@H](C)NC(=O)[C@@H]2C[C@@H](O)CN2C(=O)[C@@H](NC(=O)CCCCCCCC(=O)N2CCN(C(=O)C3(C)CCC(c4ccc(Cl)cc4)=C(CN4CCN(c5ccc(C(=O)NS(=O)(=O)c6ccc(N[C@H](CCN7CCOCC7)CSc7ccccc7)c(S(=O)(=O)C(F)(F)F)c6)cc5)CC4)C3)CC2)C(C)(C)C)cc1. The predicted octanol–water partition coefficient (Wildman–Crippen LogP) is 12.0. The summed E-state index contributed by atoms with van der Waals surface area (Å²) in [6.45, 7) is 19.1. The van der Waals surface area contributed by atoms with Crippen molar-refractivity contribution in [3.8, 4) is 10.4 Å². The molecule has 5 aliphatic rings. The van der Waals surface area contributed by atoms with Crippen LogP contribution in [0.1, 0.15) is 145 Å². The van der Waals surface area contributed by atoms with Gasteiger partial charge < -0.3 is 45.4 Å². The molecule has 114 heavy (non-hydrogen) atoms. The van der Waals surface area contributed by atoms with Crippen molar-refractivity contribution in [2.45, 2.75) is 169 Å². The highest BCUT2D eigenvalue weighted by molar-refractivity contribution is 7.99. The lowest BCUT2D eigenvalue weighted by Gasteiger charge is -2.43. The fraction of sp³-hybridized carbons (Fsp3) is 0.506. The number of carbonyl (C=O) groups excluding carboxylic acids is 6. The van der Waals surface area contributed by atoms with Crippen LogP contribution in [0.4, 0.5) is 24.5 Å². The van der Waals surface area contributed by atoms with E-state index in [0.29, 0.717) is 154 Å². The van der Waals surface area contributed by atoms with Gasteiger partial charge in [0.15, 0.2) is 0 Å². The number of likely N-dealkylation sites (tertiary alicyclic amines) is 1. The van der Waals surface area contributed by atoms with Crippen molar-refractivity contribution in [1.29, 1.82) is 0 Å². The first-order chi connectivity index (χ1) is 54.2. The molecule has 5 N–H and O–H groups in total. The van der Waals surface area contributed by atoms with Gasteiger partial charge in [-0.2, -0.15) is 13.2 Å². The van der Waals surface area contributed by atoms with Gasteiger partial charge in [-0.25, -0.2) is 26.5 Å². The number of hydrogen-bond acceptors (Lipinski definition) is 19. The second kappa shape index (κ2) is 38.4. The number of β-amino-alcohol motifs (C(OH)–C–C–N with tert-alkyl or cyclic N) is 1. The van der Waals surface area contributed by atoms with E-state index in [9.17, 15) is 63.9 Å². The smallest absolute Gasteiger partial charge is 0.391 e. The number of halogens is 4. The molecule has 5 heterocycles. The number of aliphatic hydroxyl groups excluding tert-OH is 1. The van der Waals surface area contributed by atoms with Gasteiger partial charge in [0.2, 0.25) is 29.5 Å². The molecule has 1 aliphatic carbocycles. The number of benzene rings is 5. The number of allylic oxidation sites excluding steroid dienone is 1. The zero-order valence-corrected chi connectivity index (χ0v) is 69.5. The molecule has 6 atom stereocenters. The van der Waals surface area contributed by atoms with E-state index >= 15 is 0 Å². The Labute approximate surface area is 680 Å². The molecule has 0 radical (unpaired) electrons. The second-order valence-electron chi connectivity index (χ2n) is 31.7. The highest BCUT2D eigenvalue weighted by Gasteiger charge is 2.50. The minimum Gasteiger partial charge on any atom is -0.391 e. The van der Waals surface area contributed by atoms with E-state index in [2.05, 4.69) is 35.6 Å². The Morgan fingerprint density at radius 2 is 1.41 bits per heavy atom. The first kappa shape index (κ1) is 86.9. The van der Waals surface area contributed by atoms with Crippen LogP contribution in [-0.4, -0.2) is 221 Å². The van der Waals surface area contributed by atoms with Gasteiger partial charge in [-0.1, -0.05) is 119 Å². The van der Waals surface area contributed by atoms with Crippen molar-refractivity contribution in [3.63, 3.8) is 0 Å². The van der Waals surface area contributed by atoms with Gasteiger partial charge in [-0.3, -0.25) is 38.6 Å². The molecule has 4 saturated heterocycles. The number of amides is 6. The maximum absolute atomic E-state index is 14.7. The summed E-state index contributed by atoms with van der Waals surface area (Å²) < 4.78 is 105. The van der Waals surface area contributed by atoms with Crippen molar-refractivity contribution >= 4 is 107 Å². The van der Waals surface area contributed by atoms with Crippen molar-refractivity contribution in [3.05, 3.63) is 160 Å². The van der Waals surface area contributed by atoms with Crippen LogP contribution >= 0.6 is 34.7 Å². The average molecular weight is 1670 g/mol. The second-order valence-corrected chi connectivity index (χ2v) is 37.7. The number of alkyl halides is 3. The van der Waals surface area contributed by atoms with E-state index in [0.717, 1.165) is 74.8 Å². The number of aryl methyl sites for hydroxylation is 1. The first-order valence-corrected chi connectivity index (χ1v) is 44.4. The third kappa shape index (κ3) is 22.4. The third-order valence-corrected chi connectivity index (χ3v) is 27.5. The van der Waals surface area contributed by atoms with Crippen molar-refractivity contribution in [2.24, 2.45) is 10.8 Å². The Balaban J connectivity index is 0.619. The van der Waals surface area contributed by atoms with E-state index in [1.54, 1.807) is 23.5 Å². The lowest BCUT2D eigenvalue weighted by Crippen LogP contribution is -2.57. The fourth-order valence-corrected chi connectivity index (χ4v) is 19.5.